The van der Waals surface area contributed by atoms with Gasteiger partial charge in [-0.3, -0.25) is 9.59 Å². The standard InChI is InChI=1S/C23H30N2O4/c1-5-7-16-23(6-2,21(26)24-17-12-8-10-14-19(17)28-3)22(27)25-18-13-9-11-15-20(18)29-4/h8-15H,5-7,16H2,1-4H3,(H,24,26)(H,25,27). The maximum atomic E-state index is 13.4. The van der Waals surface area contributed by atoms with Gasteiger partial charge in [-0.15, -0.1) is 0 Å². The van der Waals surface area contributed by atoms with E-state index in [2.05, 4.69) is 10.6 Å². The molecule has 0 spiro atoms. The Bertz CT molecular complexity index is 774. The Morgan fingerprint density at radius 2 is 1.28 bits per heavy atom. The molecule has 0 unspecified atom stereocenters. The van der Waals surface area contributed by atoms with E-state index in [4.69, 9.17) is 9.47 Å². The number of hydrogen-bond donors (Lipinski definition) is 2. The number of para-hydroxylation sites is 4. The van der Waals surface area contributed by atoms with Crippen LogP contribution in [0.5, 0.6) is 11.5 Å². The Balaban J connectivity index is 2.35. The highest BCUT2D eigenvalue weighted by Crippen LogP contribution is 2.35. The van der Waals surface area contributed by atoms with Gasteiger partial charge in [0.15, 0.2) is 0 Å². The number of methoxy groups -OCH3 is 2. The van der Waals surface area contributed by atoms with Crippen molar-refractivity contribution < 1.29 is 19.1 Å². The lowest BCUT2D eigenvalue weighted by Gasteiger charge is -2.30. The molecule has 2 aromatic rings. The lowest BCUT2D eigenvalue weighted by molar-refractivity contribution is -0.138. The van der Waals surface area contributed by atoms with E-state index in [0.717, 1.165) is 12.8 Å². The van der Waals surface area contributed by atoms with Crippen LogP contribution in [0, 0.1) is 5.41 Å². The number of ether oxygens (including phenoxy) is 2. The molecule has 0 aliphatic rings. The van der Waals surface area contributed by atoms with Crippen molar-refractivity contribution in [3.63, 3.8) is 0 Å². The molecule has 0 saturated carbocycles. The summed E-state index contributed by atoms with van der Waals surface area (Å²) in [7, 11) is 3.09. The van der Waals surface area contributed by atoms with Gasteiger partial charge in [-0.05, 0) is 37.1 Å². The second-order valence-corrected chi connectivity index (χ2v) is 6.85. The number of carbonyl (C=O) groups is 2. The molecule has 0 fully saturated rings. The van der Waals surface area contributed by atoms with Gasteiger partial charge < -0.3 is 20.1 Å². The number of rotatable bonds is 10. The van der Waals surface area contributed by atoms with Crippen molar-refractivity contribution in [2.75, 3.05) is 24.9 Å². The number of benzene rings is 2. The molecule has 0 saturated heterocycles. The summed E-state index contributed by atoms with van der Waals surface area (Å²) in [6.45, 7) is 3.90. The van der Waals surface area contributed by atoms with Gasteiger partial charge in [-0.25, -0.2) is 0 Å². The Labute approximate surface area is 172 Å². The van der Waals surface area contributed by atoms with Crippen molar-refractivity contribution in [1.82, 2.24) is 0 Å². The van der Waals surface area contributed by atoms with Gasteiger partial charge in [-0.1, -0.05) is 51.0 Å². The van der Waals surface area contributed by atoms with Crippen molar-refractivity contribution in [1.29, 1.82) is 0 Å². The van der Waals surface area contributed by atoms with E-state index in [1.54, 1.807) is 38.5 Å². The highest BCUT2D eigenvalue weighted by atomic mass is 16.5. The molecule has 0 heterocycles. The van der Waals surface area contributed by atoms with Gasteiger partial charge in [0, 0.05) is 0 Å². The van der Waals surface area contributed by atoms with Crippen LogP contribution < -0.4 is 20.1 Å². The first-order chi connectivity index (χ1) is 14.0. The van der Waals surface area contributed by atoms with E-state index in [0.29, 0.717) is 35.7 Å². The van der Waals surface area contributed by atoms with Crippen molar-refractivity contribution in [3.05, 3.63) is 48.5 Å². The first-order valence-electron chi connectivity index (χ1n) is 9.91. The van der Waals surface area contributed by atoms with Crippen LogP contribution >= 0.6 is 0 Å². The molecule has 0 aromatic heterocycles. The fourth-order valence-electron chi connectivity index (χ4n) is 3.29. The van der Waals surface area contributed by atoms with Crippen LogP contribution in [0.15, 0.2) is 48.5 Å². The largest absolute Gasteiger partial charge is 0.495 e. The molecular formula is C23H30N2O4. The summed E-state index contributed by atoms with van der Waals surface area (Å²) >= 11 is 0. The molecule has 0 aliphatic carbocycles. The first kappa shape index (κ1) is 22.3. The summed E-state index contributed by atoms with van der Waals surface area (Å²) in [4.78, 5) is 26.7. The van der Waals surface area contributed by atoms with E-state index in [9.17, 15) is 9.59 Å². The molecule has 0 radical (unpaired) electrons. The van der Waals surface area contributed by atoms with E-state index in [-0.39, 0.29) is 11.8 Å². The molecule has 2 aromatic carbocycles. The molecular weight excluding hydrogens is 368 g/mol. The zero-order valence-electron chi connectivity index (χ0n) is 17.6. The Morgan fingerprint density at radius 3 is 1.66 bits per heavy atom. The quantitative estimate of drug-likeness (QED) is 0.560. The lowest BCUT2D eigenvalue weighted by Crippen LogP contribution is -2.46. The van der Waals surface area contributed by atoms with E-state index >= 15 is 0 Å². The summed E-state index contributed by atoms with van der Waals surface area (Å²) in [6.07, 6.45) is 2.45. The van der Waals surface area contributed by atoms with Gasteiger partial charge in [0.1, 0.15) is 16.9 Å². The molecule has 2 amide bonds. The van der Waals surface area contributed by atoms with Crippen LogP contribution in [0.4, 0.5) is 11.4 Å². The highest BCUT2D eigenvalue weighted by Gasteiger charge is 2.44. The normalized spacial score (nSPS) is 10.9. The Morgan fingerprint density at radius 1 is 0.828 bits per heavy atom. The summed E-state index contributed by atoms with van der Waals surface area (Å²) < 4.78 is 10.7. The van der Waals surface area contributed by atoms with Gasteiger partial charge in [-0.2, -0.15) is 0 Å². The smallest absolute Gasteiger partial charge is 0.240 e. The van der Waals surface area contributed by atoms with E-state index in [1.807, 2.05) is 38.1 Å². The predicted octanol–water partition coefficient (Wildman–Crippen LogP) is 4.87. The molecule has 2 N–H and O–H groups in total. The fourth-order valence-corrected chi connectivity index (χ4v) is 3.29. The average molecular weight is 399 g/mol. The summed E-state index contributed by atoms with van der Waals surface area (Å²) in [5.41, 5.74) is -0.128. The number of amides is 2. The monoisotopic (exact) mass is 398 g/mol. The zero-order chi connectivity index (χ0) is 21.3. The van der Waals surface area contributed by atoms with Gasteiger partial charge in [0.05, 0.1) is 25.6 Å². The first-order valence-corrected chi connectivity index (χ1v) is 9.91. The number of hydrogen-bond acceptors (Lipinski definition) is 4. The third kappa shape index (κ3) is 5.08. The summed E-state index contributed by atoms with van der Waals surface area (Å²) in [6, 6.07) is 14.3. The molecule has 0 aliphatic heterocycles. The average Bonchev–Trinajstić information content (AvgIpc) is 2.75. The molecule has 29 heavy (non-hydrogen) atoms. The van der Waals surface area contributed by atoms with Gasteiger partial charge in [0.2, 0.25) is 11.8 Å². The van der Waals surface area contributed by atoms with Crippen LogP contribution in [0.1, 0.15) is 39.5 Å². The predicted molar refractivity (Wildman–Crippen MR) is 115 cm³/mol. The second kappa shape index (κ2) is 10.5. The Hall–Kier alpha value is -3.02. The maximum Gasteiger partial charge on any atom is 0.240 e. The van der Waals surface area contributed by atoms with Crippen LogP contribution in [-0.4, -0.2) is 26.0 Å². The maximum absolute atomic E-state index is 13.4. The van der Waals surface area contributed by atoms with Crippen molar-refractivity contribution >= 4 is 23.2 Å². The molecule has 2 rings (SSSR count). The van der Waals surface area contributed by atoms with Crippen molar-refractivity contribution in [2.24, 2.45) is 5.41 Å². The van der Waals surface area contributed by atoms with Crippen LogP contribution in [0.25, 0.3) is 0 Å². The van der Waals surface area contributed by atoms with E-state index in [1.165, 1.54) is 0 Å². The lowest BCUT2D eigenvalue weighted by atomic mass is 9.78. The fraction of sp³-hybridized carbons (Fsp3) is 0.391. The third-order valence-electron chi connectivity index (χ3n) is 5.14. The molecule has 156 valence electrons. The number of nitrogens with one attached hydrogen (secondary N) is 2. The van der Waals surface area contributed by atoms with Gasteiger partial charge in [0.25, 0.3) is 0 Å². The van der Waals surface area contributed by atoms with Crippen molar-refractivity contribution in [3.8, 4) is 11.5 Å². The van der Waals surface area contributed by atoms with Crippen LogP contribution in [0.3, 0.4) is 0 Å². The molecule has 0 atom stereocenters. The molecule has 6 heteroatoms. The number of carbonyl (C=O) groups excluding carboxylic acids is 2. The van der Waals surface area contributed by atoms with Gasteiger partial charge >= 0.3 is 0 Å². The minimum absolute atomic E-state index is 0.342. The minimum atomic E-state index is -1.21. The summed E-state index contributed by atoms with van der Waals surface area (Å²) in [5.74, 6) is 0.411. The third-order valence-corrected chi connectivity index (χ3v) is 5.14. The second-order valence-electron chi connectivity index (χ2n) is 6.85. The number of anilines is 2. The minimum Gasteiger partial charge on any atom is -0.495 e. The summed E-state index contributed by atoms with van der Waals surface area (Å²) in [5, 5.41) is 5.80. The SMILES string of the molecule is CCCCC(CC)(C(=O)Nc1ccccc1OC)C(=O)Nc1ccccc1OC. The molecule has 6 nitrogen and oxygen atoms in total. The zero-order valence-corrected chi connectivity index (χ0v) is 17.6. The Kier molecular flexibility index (Phi) is 8.07. The van der Waals surface area contributed by atoms with Crippen LogP contribution in [0.2, 0.25) is 0 Å². The molecule has 0 bridgehead atoms. The van der Waals surface area contributed by atoms with E-state index < -0.39 is 5.41 Å². The van der Waals surface area contributed by atoms with Crippen LogP contribution in [-0.2, 0) is 9.59 Å². The van der Waals surface area contributed by atoms with Crippen molar-refractivity contribution in [2.45, 2.75) is 39.5 Å². The topological polar surface area (TPSA) is 76.7 Å². The highest BCUT2D eigenvalue weighted by molar-refractivity contribution is 6.15. The number of unbranched alkanes of at least 4 members (excludes halogenated alkanes) is 1.